The Labute approximate surface area is 247 Å². The van der Waals surface area contributed by atoms with Crippen LogP contribution in [0.25, 0.3) is 39.3 Å². The van der Waals surface area contributed by atoms with E-state index in [-0.39, 0.29) is 35.6 Å². The number of nitrogens with one attached hydrogen (secondary N) is 2. The highest BCUT2D eigenvalue weighted by atomic mass is 16.4. The summed E-state index contributed by atoms with van der Waals surface area (Å²) < 4.78 is 0. The number of aryl methyl sites for hydroxylation is 2. The third kappa shape index (κ3) is 5.36. The van der Waals surface area contributed by atoms with Gasteiger partial charge in [-0.25, -0.2) is 9.78 Å². The third-order valence-electron chi connectivity index (χ3n) is 8.49. The number of carboxylic acid groups (broad SMARTS) is 3. The van der Waals surface area contributed by atoms with E-state index in [1.807, 2.05) is 39.0 Å². The van der Waals surface area contributed by atoms with Crippen LogP contribution >= 0.6 is 0 Å². The normalized spacial score (nSPS) is 16.4. The standard InChI is InChI=1S/C33H34N4O6/c1-6-18-10-19-11-27-20(7-2)15(3)23(35-27)13-24-16(4)21(8-9-28(38)39)31(36-24)22(12-29(40)41)32-30(33(42)43)17(5)25(37-32)14-26(18)34-19/h7,10-11,13-14,16,21,34-35H,2,6,8-9,12H2,1,3-5H3,(H,38,39)(H,40,41)(H,42,43). The molecule has 5 rings (SSSR count). The number of aromatic nitrogens is 4. The third-order valence-corrected chi connectivity index (χ3v) is 8.49. The van der Waals surface area contributed by atoms with Crippen LogP contribution in [0, 0.1) is 6.92 Å². The predicted molar refractivity (Wildman–Crippen MR) is 165 cm³/mol. The summed E-state index contributed by atoms with van der Waals surface area (Å²) in [5, 5.41) is 29.8. The minimum Gasteiger partial charge on any atom is -0.481 e. The van der Waals surface area contributed by atoms with E-state index in [0.717, 1.165) is 38.8 Å². The van der Waals surface area contributed by atoms with E-state index in [9.17, 15) is 29.7 Å². The van der Waals surface area contributed by atoms with Gasteiger partial charge in [0, 0.05) is 57.1 Å². The Kier molecular flexibility index (Phi) is 7.79. The molecule has 10 nitrogen and oxygen atoms in total. The van der Waals surface area contributed by atoms with Crippen molar-refractivity contribution in [1.82, 2.24) is 19.9 Å². The van der Waals surface area contributed by atoms with Crippen molar-refractivity contribution in [2.45, 2.75) is 65.2 Å². The molecule has 3 aromatic rings. The van der Waals surface area contributed by atoms with Crippen molar-refractivity contribution in [1.29, 1.82) is 0 Å². The number of aliphatic carboxylic acids is 3. The summed E-state index contributed by atoms with van der Waals surface area (Å²) in [5.74, 6) is -4.12. The molecule has 0 radical (unpaired) electrons. The van der Waals surface area contributed by atoms with Crippen LogP contribution in [0.3, 0.4) is 0 Å². The van der Waals surface area contributed by atoms with Gasteiger partial charge in [-0.2, -0.15) is 0 Å². The molecule has 2 atom stereocenters. The quantitative estimate of drug-likeness (QED) is 0.208. The summed E-state index contributed by atoms with van der Waals surface area (Å²) in [7, 11) is 0. The zero-order chi connectivity index (χ0) is 31.2. The van der Waals surface area contributed by atoms with Crippen molar-refractivity contribution < 1.29 is 29.7 Å². The molecule has 5 heterocycles. The Morgan fingerprint density at radius 3 is 2.35 bits per heavy atom. The molecule has 10 heteroatoms. The average Bonchev–Trinajstić information content (AvgIpc) is 3.65. The predicted octanol–water partition coefficient (Wildman–Crippen LogP) is 6.22. The van der Waals surface area contributed by atoms with Crippen molar-refractivity contribution in [3.05, 3.63) is 75.9 Å². The monoisotopic (exact) mass is 582 g/mol. The fraction of sp³-hybridized carbons (Fsp3) is 0.303. The van der Waals surface area contributed by atoms with E-state index in [0.29, 0.717) is 29.1 Å². The van der Waals surface area contributed by atoms with Gasteiger partial charge in [-0.15, -0.1) is 0 Å². The summed E-state index contributed by atoms with van der Waals surface area (Å²) in [6.45, 7) is 11.6. The van der Waals surface area contributed by atoms with Crippen molar-refractivity contribution >= 4 is 57.2 Å². The number of hydrogen-bond donors (Lipinski definition) is 5. The summed E-state index contributed by atoms with van der Waals surface area (Å²) in [5.41, 5.74) is 8.04. The van der Waals surface area contributed by atoms with Gasteiger partial charge in [-0.05, 0) is 67.7 Å². The van der Waals surface area contributed by atoms with Gasteiger partial charge < -0.3 is 25.3 Å². The fourth-order valence-electron chi connectivity index (χ4n) is 6.17. The number of rotatable bonds is 8. The van der Waals surface area contributed by atoms with Crippen LogP contribution in [0.15, 0.2) is 30.8 Å². The molecule has 3 aromatic heterocycles. The maximum atomic E-state index is 12.6. The van der Waals surface area contributed by atoms with Crippen molar-refractivity contribution in [3.8, 4) is 0 Å². The largest absolute Gasteiger partial charge is 0.481 e. The minimum atomic E-state index is -1.23. The number of nitrogens with zero attached hydrogens (tertiary/aromatic N) is 2. The van der Waals surface area contributed by atoms with Gasteiger partial charge in [0.25, 0.3) is 0 Å². The summed E-state index contributed by atoms with van der Waals surface area (Å²) in [6.07, 6.45) is 2.02. The maximum absolute atomic E-state index is 12.6. The SMILES string of the molecule is C=Cc1c(C)c2cc3nc(c(CC(=O)O)c4nc(cc5[nH]c(cc5CC)cc1[nH]2)C(C)=C4C(=O)O)C(CCC(=O)O)C3C. The molecule has 0 aromatic carbocycles. The molecule has 5 N–H and O–H groups in total. The molecule has 0 amide bonds. The molecule has 2 aliphatic rings. The summed E-state index contributed by atoms with van der Waals surface area (Å²) in [6, 6.07) is 7.72. The first-order valence-corrected chi connectivity index (χ1v) is 14.2. The molecule has 222 valence electrons. The molecule has 8 bridgehead atoms. The van der Waals surface area contributed by atoms with Crippen molar-refractivity contribution in [2.75, 3.05) is 0 Å². The average molecular weight is 583 g/mol. The van der Waals surface area contributed by atoms with Gasteiger partial charge >= 0.3 is 17.9 Å². The maximum Gasteiger partial charge on any atom is 0.338 e. The Bertz CT molecular complexity index is 1890. The molecule has 0 fully saturated rings. The minimum absolute atomic E-state index is 0.0435. The topological polar surface area (TPSA) is 169 Å². The smallest absolute Gasteiger partial charge is 0.338 e. The second-order valence-electron chi connectivity index (χ2n) is 11.1. The van der Waals surface area contributed by atoms with Crippen LogP contribution in [-0.2, 0) is 27.2 Å². The lowest BCUT2D eigenvalue weighted by Crippen LogP contribution is -2.13. The van der Waals surface area contributed by atoms with Crippen molar-refractivity contribution in [2.24, 2.45) is 0 Å². The molecule has 0 saturated heterocycles. The van der Waals surface area contributed by atoms with Crippen LogP contribution in [0.4, 0.5) is 0 Å². The zero-order valence-electron chi connectivity index (χ0n) is 24.5. The van der Waals surface area contributed by atoms with Gasteiger partial charge in [-0.3, -0.25) is 14.6 Å². The second kappa shape index (κ2) is 11.4. The number of carbonyl (C=O) groups is 3. The van der Waals surface area contributed by atoms with E-state index >= 15 is 0 Å². The van der Waals surface area contributed by atoms with Gasteiger partial charge in [0.15, 0.2) is 0 Å². The molecule has 2 unspecified atom stereocenters. The lowest BCUT2D eigenvalue weighted by molar-refractivity contribution is -0.138. The number of carboxylic acids is 3. The first-order chi connectivity index (χ1) is 20.4. The zero-order valence-corrected chi connectivity index (χ0v) is 24.5. The number of hydrogen-bond acceptors (Lipinski definition) is 5. The molecule has 2 aliphatic heterocycles. The Hall–Kier alpha value is -4.99. The highest BCUT2D eigenvalue weighted by molar-refractivity contribution is 6.24. The van der Waals surface area contributed by atoms with E-state index < -0.39 is 30.2 Å². The first kappa shape index (κ1) is 29.5. The summed E-state index contributed by atoms with van der Waals surface area (Å²) in [4.78, 5) is 53.0. The van der Waals surface area contributed by atoms with E-state index in [1.165, 1.54) is 0 Å². The first-order valence-electron chi connectivity index (χ1n) is 14.2. The fourth-order valence-corrected chi connectivity index (χ4v) is 6.17. The van der Waals surface area contributed by atoms with E-state index in [4.69, 9.17) is 9.97 Å². The van der Waals surface area contributed by atoms with E-state index in [2.05, 4.69) is 16.5 Å². The van der Waals surface area contributed by atoms with Crippen LogP contribution in [0.2, 0.25) is 0 Å². The van der Waals surface area contributed by atoms with Gasteiger partial charge in [-0.1, -0.05) is 26.5 Å². The molecule has 0 aliphatic carbocycles. The second-order valence-corrected chi connectivity index (χ2v) is 11.1. The Balaban J connectivity index is 2.01. The number of fused-ring (bicyclic) bond motifs is 8. The Morgan fingerprint density at radius 1 is 0.977 bits per heavy atom. The van der Waals surface area contributed by atoms with Gasteiger partial charge in [0.2, 0.25) is 0 Å². The van der Waals surface area contributed by atoms with Crippen LogP contribution < -0.4 is 0 Å². The highest BCUT2D eigenvalue weighted by Crippen LogP contribution is 2.43. The number of H-pyrrole nitrogens is 2. The van der Waals surface area contributed by atoms with E-state index in [1.54, 1.807) is 19.1 Å². The molecule has 0 spiro atoms. The lowest BCUT2D eigenvalue weighted by atomic mass is 9.84. The Morgan fingerprint density at radius 2 is 1.72 bits per heavy atom. The van der Waals surface area contributed by atoms with Crippen LogP contribution in [0.1, 0.15) is 90.5 Å². The van der Waals surface area contributed by atoms with Crippen LogP contribution in [-0.4, -0.2) is 53.2 Å². The lowest BCUT2D eigenvalue weighted by Gasteiger charge is -2.17. The van der Waals surface area contributed by atoms with Crippen molar-refractivity contribution in [3.63, 3.8) is 0 Å². The summed E-state index contributed by atoms with van der Waals surface area (Å²) >= 11 is 0. The molecular formula is C33H34N4O6. The molecule has 43 heavy (non-hydrogen) atoms. The molecular weight excluding hydrogens is 548 g/mol. The number of allylic oxidation sites excluding steroid dienone is 1. The molecule has 0 saturated carbocycles. The van der Waals surface area contributed by atoms with Gasteiger partial charge in [0.05, 0.1) is 29.1 Å². The number of aromatic amines is 2. The highest BCUT2D eigenvalue weighted by Gasteiger charge is 2.35. The van der Waals surface area contributed by atoms with Gasteiger partial charge in [0.1, 0.15) is 0 Å². The van der Waals surface area contributed by atoms with Crippen LogP contribution in [0.5, 0.6) is 0 Å².